The van der Waals surface area contributed by atoms with Crippen LogP contribution in [0.25, 0.3) is 0 Å². The number of β-amino-alcohol motifs (C(OH)–C–C–N with tert-alkyl or cyclic N) is 1. The first-order chi connectivity index (χ1) is 16.0. The van der Waals surface area contributed by atoms with E-state index in [-0.39, 0.29) is 43.0 Å². The van der Waals surface area contributed by atoms with Gasteiger partial charge in [-0.15, -0.1) is 0 Å². The average molecular weight is 456 g/mol. The highest BCUT2D eigenvalue weighted by atomic mass is 16.5. The summed E-state index contributed by atoms with van der Waals surface area (Å²) in [6, 6.07) is 8.93. The maximum Gasteiger partial charge on any atom is 0.246 e. The monoisotopic (exact) mass is 455 g/mol. The van der Waals surface area contributed by atoms with Crippen molar-refractivity contribution in [3.8, 4) is 0 Å². The molecule has 33 heavy (non-hydrogen) atoms. The molecule has 1 spiro atoms. The van der Waals surface area contributed by atoms with Gasteiger partial charge in [0.1, 0.15) is 11.6 Å². The summed E-state index contributed by atoms with van der Waals surface area (Å²) >= 11 is 0. The molecule has 4 fully saturated rings. The topological polar surface area (TPSA) is 108 Å². The van der Waals surface area contributed by atoms with Gasteiger partial charge in [-0.1, -0.05) is 49.6 Å². The lowest BCUT2D eigenvalue weighted by atomic mass is 9.70. The maximum absolute atomic E-state index is 13.5. The van der Waals surface area contributed by atoms with Crippen LogP contribution in [-0.2, 0) is 25.7 Å². The molecule has 1 aliphatic carbocycles. The van der Waals surface area contributed by atoms with Crippen molar-refractivity contribution < 1.29 is 24.2 Å². The number of likely N-dealkylation sites (tertiary alicyclic amines) is 1. The number of ether oxygens (including phenoxy) is 1. The first kappa shape index (κ1) is 22.3. The van der Waals surface area contributed by atoms with Crippen molar-refractivity contribution in [2.24, 2.45) is 11.8 Å². The number of amides is 3. The Morgan fingerprint density at radius 2 is 1.85 bits per heavy atom. The zero-order chi connectivity index (χ0) is 23.0. The standard InChI is InChI=1S/C25H33N3O5/c29-14-13-28-21(23(31)27-17-9-5-2-6-10-17)25-12-11-18(33-25)19(20(25)24(28)32)22(30)26-15-16-7-3-1-4-8-16/h1,3-4,7-8,17-21,29H,2,5-6,9-15H2,(H,26,30)(H,27,31)/t18-,19+,20+,21?,25?/m1/s1. The molecule has 2 bridgehead atoms. The summed E-state index contributed by atoms with van der Waals surface area (Å²) in [5, 5.41) is 15.8. The highest BCUT2D eigenvalue weighted by molar-refractivity contribution is 5.99. The van der Waals surface area contributed by atoms with Gasteiger partial charge in [-0.3, -0.25) is 14.4 Å². The fourth-order valence-corrected chi connectivity index (χ4v) is 6.53. The minimum atomic E-state index is -0.996. The number of aliphatic hydroxyl groups is 1. The molecule has 8 heteroatoms. The summed E-state index contributed by atoms with van der Waals surface area (Å²) in [5.41, 5.74) is -0.0150. The van der Waals surface area contributed by atoms with Crippen LogP contribution in [-0.4, -0.2) is 64.7 Å². The summed E-state index contributed by atoms with van der Waals surface area (Å²) in [6.45, 7) is 0.199. The Hall–Kier alpha value is -2.45. The smallest absolute Gasteiger partial charge is 0.246 e. The van der Waals surface area contributed by atoms with E-state index in [1.54, 1.807) is 0 Å². The van der Waals surface area contributed by atoms with E-state index in [1.807, 2.05) is 30.3 Å². The molecule has 1 aromatic carbocycles. The number of benzene rings is 1. The number of fused-ring (bicyclic) bond motifs is 1. The normalized spacial score (nSPS) is 33.2. The van der Waals surface area contributed by atoms with Crippen LogP contribution >= 0.6 is 0 Å². The number of carbonyl (C=O) groups excluding carboxylic acids is 3. The molecule has 3 N–H and O–H groups in total. The Morgan fingerprint density at radius 3 is 2.58 bits per heavy atom. The van der Waals surface area contributed by atoms with Gasteiger partial charge in [-0.25, -0.2) is 0 Å². The van der Waals surface area contributed by atoms with Gasteiger partial charge >= 0.3 is 0 Å². The number of carbonyl (C=O) groups is 3. The highest BCUT2D eigenvalue weighted by Crippen LogP contribution is 2.58. The predicted octanol–water partition coefficient (Wildman–Crippen LogP) is 1.12. The Labute approximate surface area is 194 Å². The van der Waals surface area contributed by atoms with E-state index in [4.69, 9.17) is 4.74 Å². The molecule has 0 radical (unpaired) electrons. The second-order valence-electron chi connectivity index (χ2n) is 9.86. The fourth-order valence-electron chi connectivity index (χ4n) is 6.53. The van der Waals surface area contributed by atoms with E-state index in [9.17, 15) is 19.5 Å². The molecule has 178 valence electrons. The van der Waals surface area contributed by atoms with Gasteiger partial charge in [0.15, 0.2) is 0 Å². The molecule has 5 atom stereocenters. The van der Waals surface area contributed by atoms with Crippen LogP contribution in [0.1, 0.15) is 50.5 Å². The number of aliphatic hydroxyl groups excluding tert-OH is 1. The number of nitrogens with one attached hydrogen (secondary N) is 2. The van der Waals surface area contributed by atoms with Crippen LogP contribution in [0.2, 0.25) is 0 Å². The van der Waals surface area contributed by atoms with Crippen molar-refractivity contribution in [2.75, 3.05) is 13.2 Å². The molecule has 1 saturated carbocycles. The number of nitrogens with zero attached hydrogens (tertiary/aromatic N) is 1. The van der Waals surface area contributed by atoms with Gasteiger partial charge in [-0.2, -0.15) is 0 Å². The fraction of sp³-hybridized carbons (Fsp3) is 0.640. The first-order valence-electron chi connectivity index (χ1n) is 12.3. The minimum absolute atomic E-state index is 0.0617. The van der Waals surface area contributed by atoms with Crippen molar-refractivity contribution in [3.05, 3.63) is 35.9 Å². The van der Waals surface area contributed by atoms with Gasteiger partial charge in [-0.05, 0) is 31.2 Å². The molecule has 3 aliphatic heterocycles. The van der Waals surface area contributed by atoms with Crippen molar-refractivity contribution in [3.63, 3.8) is 0 Å². The molecule has 0 aromatic heterocycles. The van der Waals surface area contributed by atoms with Gasteiger partial charge in [0.2, 0.25) is 17.7 Å². The summed E-state index contributed by atoms with van der Waals surface area (Å²) in [7, 11) is 0. The first-order valence-corrected chi connectivity index (χ1v) is 12.3. The number of rotatable bonds is 7. The Balaban J connectivity index is 1.37. The van der Waals surface area contributed by atoms with Crippen molar-refractivity contribution in [2.45, 2.75) is 75.3 Å². The van der Waals surface area contributed by atoms with E-state index in [0.29, 0.717) is 19.4 Å². The molecular weight excluding hydrogens is 422 g/mol. The molecular formula is C25H33N3O5. The predicted molar refractivity (Wildman–Crippen MR) is 120 cm³/mol. The third-order valence-corrected chi connectivity index (χ3v) is 7.95. The molecule has 1 aromatic rings. The quantitative estimate of drug-likeness (QED) is 0.571. The lowest BCUT2D eigenvalue weighted by Crippen LogP contribution is -2.57. The van der Waals surface area contributed by atoms with Gasteiger partial charge in [0.05, 0.1) is 24.5 Å². The van der Waals surface area contributed by atoms with Gasteiger partial charge < -0.3 is 25.4 Å². The van der Waals surface area contributed by atoms with Crippen LogP contribution in [0.3, 0.4) is 0 Å². The molecule has 5 rings (SSSR count). The van der Waals surface area contributed by atoms with Crippen LogP contribution < -0.4 is 10.6 Å². The van der Waals surface area contributed by atoms with Crippen LogP contribution in [0.5, 0.6) is 0 Å². The van der Waals surface area contributed by atoms with Crippen molar-refractivity contribution >= 4 is 17.7 Å². The van der Waals surface area contributed by atoms with E-state index < -0.39 is 23.5 Å². The molecule has 8 nitrogen and oxygen atoms in total. The zero-order valence-electron chi connectivity index (χ0n) is 18.9. The van der Waals surface area contributed by atoms with E-state index in [0.717, 1.165) is 31.2 Å². The molecule has 3 saturated heterocycles. The van der Waals surface area contributed by atoms with E-state index in [2.05, 4.69) is 10.6 Å². The Kier molecular flexibility index (Phi) is 6.14. The summed E-state index contributed by atoms with van der Waals surface area (Å²) in [4.78, 5) is 41.7. The summed E-state index contributed by atoms with van der Waals surface area (Å²) in [5.74, 6) is -1.99. The summed E-state index contributed by atoms with van der Waals surface area (Å²) in [6.07, 6.45) is 6.09. The highest BCUT2D eigenvalue weighted by Gasteiger charge is 2.74. The molecule has 3 heterocycles. The van der Waals surface area contributed by atoms with Crippen molar-refractivity contribution in [1.82, 2.24) is 15.5 Å². The molecule has 2 unspecified atom stereocenters. The van der Waals surface area contributed by atoms with Crippen LogP contribution in [0.4, 0.5) is 0 Å². The Bertz CT molecular complexity index is 903. The SMILES string of the molecule is O=C(NC1CCCCC1)C1N(CCO)C(=O)[C@@H]2[C@@H](C(=O)NCc3ccccc3)[C@H]3CCC12O3. The van der Waals surface area contributed by atoms with Crippen LogP contribution in [0.15, 0.2) is 30.3 Å². The Morgan fingerprint density at radius 1 is 1.09 bits per heavy atom. The van der Waals surface area contributed by atoms with Gasteiger partial charge in [0, 0.05) is 19.1 Å². The lowest BCUT2D eigenvalue weighted by Gasteiger charge is -2.35. The van der Waals surface area contributed by atoms with Gasteiger partial charge in [0.25, 0.3) is 0 Å². The largest absolute Gasteiger partial charge is 0.395 e. The zero-order valence-corrected chi connectivity index (χ0v) is 18.9. The number of hydrogen-bond donors (Lipinski definition) is 3. The lowest BCUT2D eigenvalue weighted by molar-refractivity contribution is -0.143. The maximum atomic E-state index is 13.5. The third-order valence-electron chi connectivity index (χ3n) is 7.95. The minimum Gasteiger partial charge on any atom is -0.395 e. The summed E-state index contributed by atoms with van der Waals surface area (Å²) < 4.78 is 6.37. The van der Waals surface area contributed by atoms with E-state index in [1.165, 1.54) is 11.3 Å². The van der Waals surface area contributed by atoms with E-state index >= 15 is 0 Å². The van der Waals surface area contributed by atoms with Crippen molar-refractivity contribution in [1.29, 1.82) is 0 Å². The number of hydrogen-bond acceptors (Lipinski definition) is 5. The molecule has 3 amide bonds. The molecule has 4 aliphatic rings. The second kappa shape index (κ2) is 9.06. The second-order valence-corrected chi connectivity index (χ2v) is 9.86. The average Bonchev–Trinajstić information content (AvgIpc) is 3.47. The third kappa shape index (κ3) is 3.83. The van der Waals surface area contributed by atoms with Crippen LogP contribution in [0, 0.1) is 11.8 Å².